The predicted octanol–water partition coefficient (Wildman–Crippen LogP) is 6.09. The van der Waals surface area contributed by atoms with Gasteiger partial charge >= 0.3 is 0 Å². The Morgan fingerprint density at radius 1 is 1.23 bits per heavy atom. The van der Waals surface area contributed by atoms with Crippen LogP contribution in [0, 0.1) is 3.95 Å². The van der Waals surface area contributed by atoms with Crippen molar-refractivity contribution in [3.05, 3.63) is 62.5 Å². The van der Waals surface area contributed by atoms with Crippen molar-refractivity contribution in [1.82, 2.24) is 9.78 Å². The Bertz CT molecular complexity index is 988. The molecule has 134 valence electrons. The topological polar surface area (TPSA) is 46.9 Å². The van der Waals surface area contributed by atoms with E-state index in [1.54, 1.807) is 29.8 Å². The van der Waals surface area contributed by atoms with Crippen LogP contribution in [0.5, 0.6) is 0 Å². The van der Waals surface area contributed by atoms with Crippen molar-refractivity contribution in [2.75, 3.05) is 5.32 Å². The molecule has 0 aliphatic carbocycles. The van der Waals surface area contributed by atoms with Crippen LogP contribution < -0.4 is 5.32 Å². The Morgan fingerprint density at radius 2 is 1.96 bits per heavy atom. The van der Waals surface area contributed by atoms with Crippen molar-refractivity contribution in [1.29, 1.82) is 0 Å². The van der Waals surface area contributed by atoms with Gasteiger partial charge in [0.1, 0.15) is 0 Å². The lowest BCUT2D eigenvalue weighted by Gasteiger charge is -2.12. The highest BCUT2D eigenvalue weighted by atomic mass is 35.5. The standard InChI is InChI=1S/C17H13Cl2N3OS3/c1-10(15(23)20-13-9-5-8-12(18)14(13)19)25-16-21-22(17(24)26-16)11-6-3-2-4-7-11/h2-10H,1H3,(H,20,23). The Kier molecular flexibility index (Phi) is 6.37. The summed E-state index contributed by atoms with van der Waals surface area (Å²) in [5.41, 5.74) is 1.38. The van der Waals surface area contributed by atoms with Crippen molar-refractivity contribution >= 4 is 70.1 Å². The maximum Gasteiger partial charge on any atom is 0.237 e. The molecular weight excluding hydrogens is 429 g/mol. The van der Waals surface area contributed by atoms with Crippen LogP contribution in [-0.2, 0) is 4.79 Å². The molecule has 4 nitrogen and oxygen atoms in total. The summed E-state index contributed by atoms with van der Waals surface area (Å²) in [6.07, 6.45) is 0. The third kappa shape index (κ3) is 4.47. The average Bonchev–Trinajstić information content (AvgIpc) is 2.99. The van der Waals surface area contributed by atoms with E-state index < -0.39 is 0 Å². The van der Waals surface area contributed by atoms with E-state index in [1.165, 1.54) is 23.1 Å². The molecule has 1 amide bonds. The van der Waals surface area contributed by atoms with Crippen LogP contribution in [0.15, 0.2) is 52.9 Å². The zero-order chi connectivity index (χ0) is 18.7. The summed E-state index contributed by atoms with van der Waals surface area (Å²) in [5.74, 6) is -0.188. The van der Waals surface area contributed by atoms with Crippen LogP contribution in [0.3, 0.4) is 0 Å². The van der Waals surface area contributed by atoms with E-state index in [0.717, 1.165) is 10.0 Å². The van der Waals surface area contributed by atoms with Crippen LogP contribution >= 0.6 is 58.5 Å². The molecule has 0 radical (unpaired) electrons. The first kappa shape index (κ1) is 19.4. The fourth-order valence-corrected chi connectivity index (χ4v) is 4.93. The number of rotatable bonds is 5. The van der Waals surface area contributed by atoms with Crippen LogP contribution in [0.2, 0.25) is 10.0 Å². The molecule has 26 heavy (non-hydrogen) atoms. The van der Waals surface area contributed by atoms with Crippen LogP contribution in [0.4, 0.5) is 5.69 Å². The second kappa shape index (κ2) is 8.54. The minimum Gasteiger partial charge on any atom is -0.324 e. The van der Waals surface area contributed by atoms with Crippen molar-refractivity contribution in [3.8, 4) is 5.69 Å². The van der Waals surface area contributed by atoms with Crippen LogP contribution in [0.25, 0.3) is 5.69 Å². The summed E-state index contributed by atoms with van der Waals surface area (Å²) in [6.45, 7) is 1.80. The van der Waals surface area contributed by atoms with Crippen molar-refractivity contribution in [2.45, 2.75) is 16.5 Å². The molecule has 0 aliphatic rings. The van der Waals surface area contributed by atoms with E-state index in [0.29, 0.717) is 19.7 Å². The Labute approximate surface area is 174 Å². The number of amides is 1. The molecule has 1 atom stereocenters. The quantitative estimate of drug-likeness (QED) is 0.384. The summed E-state index contributed by atoms with van der Waals surface area (Å²) < 4.78 is 3.05. The first-order chi connectivity index (χ1) is 12.5. The molecule has 1 N–H and O–H groups in total. The first-order valence-corrected chi connectivity index (χ1v) is 10.4. The molecule has 3 aromatic rings. The Balaban J connectivity index is 1.72. The van der Waals surface area contributed by atoms with Gasteiger partial charge in [-0.05, 0) is 43.4 Å². The van der Waals surface area contributed by atoms with Gasteiger partial charge in [0.05, 0.1) is 26.7 Å². The molecule has 2 aromatic carbocycles. The maximum atomic E-state index is 12.5. The van der Waals surface area contributed by atoms with Gasteiger partial charge in [-0.15, -0.1) is 5.10 Å². The summed E-state index contributed by atoms with van der Waals surface area (Å²) in [4.78, 5) is 12.5. The number of anilines is 1. The van der Waals surface area contributed by atoms with E-state index >= 15 is 0 Å². The second-order valence-electron chi connectivity index (χ2n) is 5.23. The molecule has 1 heterocycles. The highest BCUT2D eigenvalue weighted by molar-refractivity contribution is 8.02. The number of thioether (sulfide) groups is 1. The maximum absolute atomic E-state index is 12.5. The molecule has 0 bridgehead atoms. The lowest BCUT2D eigenvalue weighted by molar-refractivity contribution is -0.115. The van der Waals surface area contributed by atoms with Gasteiger partial charge in [0.2, 0.25) is 5.91 Å². The molecule has 9 heteroatoms. The number of aromatic nitrogens is 2. The average molecular weight is 442 g/mol. The van der Waals surface area contributed by atoms with Gasteiger partial charge in [0.25, 0.3) is 0 Å². The van der Waals surface area contributed by atoms with Gasteiger partial charge in [0.15, 0.2) is 8.29 Å². The summed E-state index contributed by atoms with van der Waals surface area (Å²) in [5, 5.41) is 7.64. The highest BCUT2D eigenvalue weighted by Crippen LogP contribution is 2.32. The number of carbonyl (C=O) groups excluding carboxylic acids is 1. The predicted molar refractivity (Wildman–Crippen MR) is 113 cm³/mol. The van der Waals surface area contributed by atoms with Gasteiger partial charge in [-0.25, -0.2) is 4.68 Å². The van der Waals surface area contributed by atoms with Gasteiger partial charge in [-0.2, -0.15) is 0 Å². The highest BCUT2D eigenvalue weighted by Gasteiger charge is 2.19. The molecule has 0 spiro atoms. The lowest BCUT2D eigenvalue weighted by atomic mass is 10.3. The molecule has 1 unspecified atom stereocenters. The van der Waals surface area contributed by atoms with Gasteiger partial charge in [0, 0.05) is 0 Å². The Morgan fingerprint density at radius 3 is 2.69 bits per heavy atom. The normalized spacial score (nSPS) is 12.0. The zero-order valence-electron chi connectivity index (χ0n) is 13.5. The second-order valence-corrected chi connectivity index (χ2v) is 9.23. The number of halogens is 2. The zero-order valence-corrected chi connectivity index (χ0v) is 17.4. The largest absolute Gasteiger partial charge is 0.324 e. The minimum atomic E-state index is -0.380. The molecular formula is C17H13Cl2N3OS3. The number of nitrogens with one attached hydrogen (secondary N) is 1. The third-order valence-electron chi connectivity index (χ3n) is 3.39. The Hall–Kier alpha value is -1.38. The van der Waals surface area contributed by atoms with E-state index in [9.17, 15) is 4.79 Å². The fraction of sp³-hybridized carbons (Fsp3) is 0.118. The van der Waals surface area contributed by atoms with Gasteiger partial charge in [-0.3, -0.25) is 4.79 Å². The van der Waals surface area contributed by atoms with Crippen LogP contribution in [0.1, 0.15) is 6.92 Å². The van der Waals surface area contributed by atoms with Crippen molar-refractivity contribution < 1.29 is 4.79 Å². The lowest BCUT2D eigenvalue weighted by Crippen LogP contribution is -2.22. The van der Waals surface area contributed by atoms with Crippen LogP contribution in [-0.4, -0.2) is 20.9 Å². The summed E-state index contributed by atoms with van der Waals surface area (Å²) >= 11 is 20.2. The number of hydrogen-bond acceptors (Lipinski definition) is 5. The number of carbonyl (C=O) groups is 1. The van der Waals surface area contributed by atoms with E-state index in [4.69, 9.17) is 35.4 Å². The number of benzene rings is 2. The van der Waals surface area contributed by atoms with Gasteiger partial charge in [-0.1, -0.05) is 70.6 Å². The summed E-state index contributed by atoms with van der Waals surface area (Å²) in [6, 6.07) is 14.8. The first-order valence-electron chi connectivity index (χ1n) is 7.53. The molecule has 0 saturated carbocycles. The SMILES string of the molecule is CC(Sc1nn(-c2ccccc2)c(=S)s1)C(=O)Nc1cccc(Cl)c1Cl. The monoisotopic (exact) mass is 441 g/mol. The van der Waals surface area contributed by atoms with E-state index in [-0.39, 0.29) is 11.2 Å². The molecule has 1 aromatic heterocycles. The van der Waals surface area contributed by atoms with E-state index in [2.05, 4.69) is 10.4 Å². The van der Waals surface area contributed by atoms with Crippen molar-refractivity contribution in [3.63, 3.8) is 0 Å². The number of para-hydroxylation sites is 1. The smallest absolute Gasteiger partial charge is 0.237 e. The molecule has 0 aliphatic heterocycles. The third-order valence-corrected chi connectivity index (χ3v) is 6.62. The van der Waals surface area contributed by atoms with Gasteiger partial charge < -0.3 is 5.32 Å². The fourth-order valence-electron chi connectivity index (χ4n) is 2.08. The number of nitrogens with zero attached hydrogens (tertiary/aromatic N) is 2. The van der Waals surface area contributed by atoms with E-state index in [1.807, 2.05) is 30.3 Å². The van der Waals surface area contributed by atoms with Crippen molar-refractivity contribution in [2.24, 2.45) is 0 Å². The molecule has 0 saturated heterocycles. The molecule has 0 fully saturated rings. The number of hydrogen-bond donors (Lipinski definition) is 1. The molecule has 3 rings (SSSR count). The minimum absolute atomic E-state index is 0.188. The summed E-state index contributed by atoms with van der Waals surface area (Å²) in [7, 11) is 0.